The Hall–Kier alpha value is -1.25. The zero-order chi connectivity index (χ0) is 16.5. The molecular formula is C19H27F3. The van der Waals surface area contributed by atoms with Crippen LogP contribution in [0.2, 0.25) is 0 Å². The SMILES string of the molecule is CC(=C\C=C(/CF)C1CCC(C)CC1)/C(C)=C/C=C(/F)CF. The zero-order valence-electron chi connectivity index (χ0n) is 13.8. The first-order valence-corrected chi connectivity index (χ1v) is 8.00. The molecule has 0 unspecified atom stereocenters. The normalized spacial score (nSPS) is 25.5. The van der Waals surface area contributed by atoms with E-state index in [1.54, 1.807) is 6.08 Å². The summed E-state index contributed by atoms with van der Waals surface area (Å²) in [6.45, 7) is 4.47. The second-order valence-corrected chi connectivity index (χ2v) is 6.28. The van der Waals surface area contributed by atoms with Crippen LogP contribution in [-0.2, 0) is 0 Å². The predicted molar refractivity (Wildman–Crippen MR) is 87.9 cm³/mol. The maximum atomic E-state index is 13.3. The molecule has 0 heterocycles. The van der Waals surface area contributed by atoms with Crippen molar-refractivity contribution in [2.45, 2.75) is 46.5 Å². The molecule has 124 valence electrons. The summed E-state index contributed by atoms with van der Waals surface area (Å²) in [5.41, 5.74) is 2.62. The van der Waals surface area contributed by atoms with Crippen molar-refractivity contribution in [3.8, 4) is 0 Å². The van der Waals surface area contributed by atoms with E-state index in [4.69, 9.17) is 0 Å². The van der Waals surface area contributed by atoms with Gasteiger partial charge in [0.1, 0.15) is 19.2 Å². The van der Waals surface area contributed by atoms with Crippen molar-refractivity contribution in [1.29, 1.82) is 0 Å². The monoisotopic (exact) mass is 312 g/mol. The van der Waals surface area contributed by atoms with Crippen molar-refractivity contribution in [2.75, 3.05) is 13.3 Å². The van der Waals surface area contributed by atoms with Crippen LogP contribution in [-0.4, -0.2) is 13.3 Å². The minimum absolute atomic E-state index is 0.346. The van der Waals surface area contributed by atoms with Crippen LogP contribution in [0.5, 0.6) is 0 Å². The molecule has 0 aliphatic heterocycles. The summed E-state index contributed by atoms with van der Waals surface area (Å²) in [7, 11) is 0. The van der Waals surface area contributed by atoms with Crippen LogP contribution in [0.15, 0.2) is 46.9 Å². The molecule has 0 atom stereocenters. The van der Waals surface area contributed by atoms with Crippen molar-refractivity contribution >= 4 is 0 Å². The van der Waals surface area contributed by atoms with Crippen LogP contribution in [0.4, 0.5) is 13.2 Å². The smallest absolute Gasteiger partial charge is 0.141 e. The average Bonchev–Trinajstić information content (AvgIpc) is 2.53. The van der Waals surface area contributed by atoms with Crippen molar-refractivity contribution < 1.29 is 13.2 Å². The summed E-state index contributed by atoms with van der Waals surface area (Å²) >= 11 is 0. The van der Waals surface area contributed by atoms with Crippen LogP contribution in [0.3, 0.4) is 0 Å². The lowest BCUT2D eigenvalue weighted by molar-refractivity contribution is 0.308. The van der Waals surface area contributed by atoms with Gasteiger partial charge >= 0.3 is 0 Å². The van der Waals surface area contributed by atoms with Gasteiger partial charge in [0.2, 0.25) is 0 Å². The minimum atomic E-state index is -1.08. The number of alkyl halides is 2. The molecular weight excluding hydrogens is 285 g/mol. The third kappa shape index (κ3) is 6.25. The molecule has 1 rings (SSSR count). The van der Waals surface area contributed by atoms with E-state index in [1.165, 1.54) is 0 Å². The molecule has 0 N–H and O–H groups in total. The third-order valence-electron chi connectivity index (χ3n) is 4.51. The molecule has 1 aliphatic rings. The highest BCUT2D eigenvalue weighted by Gasteiger charge is 2.20. The highest BCUT2D eigenvalue weighted by atomic mass is 19.2. The number of hydrogen-bond acceptors (Lipinski definition) is 0. The van der Waals surface area contributed by atoms with Crippen molar-refractivity contribution in [1.82, 2.24) is 0 Å². The first kappa shape index (κ1) is 18.8. The van der Waals surface area contributed by atoms with E-state index in [9.17, 15) is 13.2 Å². The molecule has 0 amide bonds. The first-order chi connectivity index (χ1) is 10.5. The van der Waals surface area contributed by atoms with Gasteiger partial charge in [-0.05, 0) is 61.3 Å². The van der Waals surface area contributed by atoms with Gasteiger partial charge in [-0.2, -0.15) is 0 Å². The Morgan fingerprint density at radius 1 is 0.864 bits per heavy atom. The Morgan fingerprint density at radius 3 is 1.91 bits per heavy atom. The molecule has 0 spiro atoms. The molecule has 22 heavy (non-hydrogen) atoms. The quantitative estimate of drug-likeness (QED) is 0.496. The largest absolute Gasteiger partial charge is 0.246 e. The highest BCUT2D eigenvalue weighted by molar-refractivity contribution is 5.34. The Morgan fingerprint density at radius 2 is 1.41 bits per heavy atom. The van der Waals surface area contributed by atoms with Crippen LogP contribution in [0, 0.1) is 11.8 Å². The van der Waals surface area contributed by atoms with Crippen LogP contribution in [0.1, 0.15) is 46.5 Å². The zero-order valence-corrected chi connectivity index (χ0v) is 13.8. The minimum Gasteiger partial charge on any atom is -0.246 e. The lowest BCUT2D eigenvalue weighted by atomic mass is 9.79. The second-order valence-electron chi connectivity index (χ2n) is 6.28. The van der Waals surface area contributed by atoms with Crippen molar-refractivity contribution in [3.63, 3.8) is 0 Å². The Kier molecular flexibility index (Phi) is 8.29. The van der Waals surface area contributed by atoms with E-state index in [-0.39, 0.29) is 0 Å². The summed E-state index contributed by atoms with van der Waals surface area (Å²) in [5, 5.41) is 0. The lowest BCUT2D eigenvalue weighted by Gasteiger charge is -2.27. The maximum Gasteiger partial charge on any atom is 0.141 e. The van der Waals surface area contributed by atoms with Crippen molar-refractivity contribution in [3.05, 3.63) is 46.9 Å². The molecule has 0 nitrogen and oxygen atoms in total. The van der Waals surface area contributed by atoms with Gasteiger partial charge in [0.25, 0.3) is 0 Å². The van der Waals surface area contributed by atoms with Gasteiger partial charge in [-0.3, -0.25) is 0 Å². The predicted octanol–water partition coefficient (Wildman–Crippen LogP) is 6.42. The number of halogens is 3. The Labute approximate surface area is 132 Å². The van der Waals surface area contributed by atoms with Crippen LogP contribution < -0.4 is 0 Å². The van der Waals surface area contributed by atoms with Gasteiger partial charge in [0.05, 0.1) is 0 Å². The van der Waals surface area contributed by atoms with Gasteiger partial charge in [-0.1, -0.05) is 38.0 Å². The van der Waals surface area contributed by atoms with Crippen LogP contribution >= 0.6 is 0 Å². The summed E-state index contributed by atoms with van der Waals surface area (Å²) in [6.07, 6.45) is 10.9. The molecule has 0 aromatic rings. The molecule has 3 heteroatoms. The van der Waals surface area contributed by atoms with E-state index in [0.29, 0.717) is 5.92 Å². The first-order valence-electron chi connectivity index (χ1n) is 8.00. The number of allylic oxidation sites excluding steroid dienone is 8. The van der Waals surface area contributed by atoms with E-state index < -0.39 is 19.2 Å². The fourth-order valence-electron chi connectivity index (χ4n) is 2.68. The molecule has 0 saturated heterocycles. The number of hydrogen-bond donors (Lipinski definition) is 0. The standard InChI is InChI=1S/C19H27F3/c1-14-4-8-17(9-5-14)18(12-20)10-6-15(2)16(3)7-11-19(22)13-21/h6-7,10-11,14,17H,4-5,8-9,12-13H2,1-3H3/b15-6+,16-7+,18-10+,19-11+. The maximum absolute atomic E-state index is 13.3. The fourth-order valence-corrected chi connectivity index (χ4v) is 2.68. The van der Waals surface area contributed by atoms with Crippen molar-refractivity contribution in [2.24, 2.45) is 11.8 Å². The Bertz CT molecular complexity index is 461. The fraction of sp³-hybridized carbons (Fsp3) is 0.579. The molecule has 0 aromatic heterocycles. The van der Waals surface area contributed by atoms with Crippen LogP contribution in [0.25, 0.3) is 0 Å². The molecule has 1 saturated carbocycles. The van der Waals surface area contributed by atoms with Gasteiger partial charge in [0, 0.05) is 0 Å². The Balaban J connectivity index is 2.76. The van der Waals surface area contributed by atoms with E-state index in [1.807, 2.05) is 26.0 Å². The third-order valence-corrected chi connectivity index (χ3v) is 4.51. The summed E-state index contributed by atoms with van der Waals surface area (Å²) in [6, 6.07) is 0. The van der Waals surface area contributed by atoms with Gasteiger partial charge in [-0.25, -0.2) is 13.2 Å². The molecule has 0 radical (unpaired) electrons. The second kappa shape index (κ2) is 9.70. The van der Waals surface area contributed by atoms with E-state index in [0.717, 1.165) is 54.4 Å². The molecule has 1 fully saturated rings. The lowest BCUT2D eigenvalue weighted by Crippen LogP contribution is -2.15. The topological polar surface area (TPSA) is 0 Å². The van der Waals surface area contributed by atoms with Gasteiger partial charge in [0.15, 0.2) is 0 Å². The molecule has 0 aromatic carbocycles. The average molecular weight is 312 g/mol. The van der Waals surface area contributed by atoms with E-state index in [2.05, 4.69) is 6.92 Å². The molecule has 0 bridgehead atoms. The summed E-state index contributed by atoms with van der Waals surface area (Å²) < 4.78 is 38.1. The van der Waals surface area contributed by atoms with Gasteiger partial charge < -0.3 is 0 Å². The summed E-state index contributed by atoms with van der Waals surface area (Å²) in [5.74, 6) is 0.304. The van der Waals surface area contributed by atoms with E-state index >= 15 is 0 Å². The summed E-state index contributed by atoms with van der Waals surface area (Å²) in [4.78, 5) is 0. The van der Waals surface area contributed by atoms with Gasteiger partial charge in [-0.15, -0.1) is 0 Å². The molecule has 1 aliphatic carbocycles. The number of rotatable bonds is 6. The highest BCUT2D eigenvalue weighted by Crippen LogP contribution is 2.33.